The SMILES string of the molecule is Cc1nn(Cc2cc(Cl)c(O)c(Cl)n2)c2cnc(N3CCCC3)cc12. The molecule has 6 nitrogen and oxygen atoms in total. The molecule has 25 heavy (non-hydrogen) atoms. The maximum Gasteiger partial charge on any atom is 0.172 e. The molecule has 0 aromatic carbocycles. The molecule has 8 heteroatoms. The van der Waals surface area contributed by atoms with Crippen LogP contribution >= 0.6 is 23.2 Å². The highest BCUT2D eigenvalue weighted by Gasteiger charge is 2.17. The molecule has 130 valence electrons. The third-order valence-electron chi connectivity index (χ3n) is 4.51. The molecule has 0 aliphatic carbocycles. The molecule has 0 spiro atoms. The van der Waals surface area contributed by atoms with E-state index < -0.39 is 0 Å². The summed E-state index contributed by atoms with van der Waals surface area (Å²) in [6, 6.07) is 3.70. The van der Waals surface area contributed by atoms with Crippen LogP contribution in [0.2, 0.25) is 10.2 Å². The third kappa shape index (κ3) is 3.00. The first-order valence-corrected chi connectivity index (χ1v) is 8.90. The Morgan fingerprint density at radius 1 is 1.20 bits per heavy atom. The lowest BCUT2D eigenvalue weighted by molar-refractivity contribution is 0.472. The Hall–Kier alpha value is -2.05. The van der Waals surface area contributed by atoms with Crippen LogP contribution in [-0.2, 0) is 6.54 Å². The second-order valence-corrected chi connectivity index (χ2v) is 7.00. The van der Waals surface area contributed by atoms with Crippen LogP contribution in [0.5, 0.6) is 5.75 Å². The van der Waals surface area contributed by atoms with E-state index in [-0.39, 0.29) is 15.9 Å². The average molecular weight is 378 g/mol. The van der Waals surface area contributed by atoms with Crippen molar-refractivity contribution in [2.24, 2.45) is 0 Å². The van der Waals surface area contributed by atoms with Crippen molar-refractivity contribution in [2.75, 3.05) is 18.0 Å². The van der Waals surface area contributed by atoms with E-state index in [4.69, 9.17) is 23.2 Å². The van der Waals surface area contributed by atoms with Crippen LogP contribution in [0.1, 0.15) is 24.2 Å². The first kappa shape index (κ1) is 16.4. The highest BCUT2D eigenvalue weighted by Crippen LogP contribution is 2.31. The van der Waals surface area contributed by atoms with E-state index in [0.717, 1.165) is 35.5 Å². The highest BCUT2D eigenvalue weighted by molar-refractivity contribution is 6.36. The van der Waals surface area contributed by atoms with Gasteiger partial charge >= 0.3 is 0 Å². The van der Waals surface area contributed by atoms with Gasteiger partial charge in [-0.3, -0.25) is 4.68 Å². The maximum atomic E-state index is 9.64. The molecular weight excluding hydrogens is 361 g/mol. The van der Waals surface area contributed by atoms with Gasteiger partial charge < -0.3 is 10.0 Å². The molecule has 0 radical (unpaired) electrons. The van der Waals surface area contributed by atoms with Crippen molar-refractivity contribution in [2.45, 2.75) is 26.3 Å². The van der Waals surface area contributed by atoms with Gasteiger partial charge in [-0.2, -0.15) is 5.10 Å². The molecule has 0 amide bonds. The molecule has 3 aromatic heterocycles. The van der Waals surface area contributed by atoms with Gasteiger partial charge in [0.15, 0.2) is 10.9 Å². The van der Waals surface area contributed by atoms with Crippen LogP contribution in [0.3, 0.4) is 0 Å². The standard InChI is InChI=1S/C17H17Cl2N5O/c1-10-12-7-15(23-4-2-3-5-23)20-8-14(12)24(22-10)9-11-6-13(18)16(25)17(19)21-11/h6-8,25H,2-5,9H2,1H3. The number of aryl methyl sites for hydroxylation is 1. The molecule has 0 bridgehead atoms. The summed E-state index contributed by atoms with van der Waals surface area (Å²) in [5, 5.41) is 15.5. The molecule has 1 fully saturated rings. The van der Waals surface area contributed by atoms with Crippen LogP contribution in [0.25, 0.3) is 10.9 Å². The predicted octanol–water partition coefficient (Wildman–Crippen LogP) is 3.80. The maximum absolute atomic E-state index is 9.64. The summed E-state index contributed by atoms with van der Waals surface area (Å²) in [5.41, 5.74) is 2.50. The largest absolute Gasteiger partial charge is 0.504 e. The zero-order valence-corrected chi connectivity index (χ0v) is 15.2. The van der Waals surface area contributed by atoms with Crippen LogP contribution < -0.4 is 4.90 Å². The average Bonchev–Trinajstić information content (AvgIpc) is 3.22. The molecule has 4 heterocycles. The van der Waals surface area contributed by atoms with Gasteiger partial charge in [-0.1, -0.05) is 23.2 Å². The van der Waals surface area contributed by atoms with Crippen molar-refractivity contribution in [3.8, 4) is 5.75 Å². The summed E-state index contributed by atoms with van der Waals surface area (Å²) < 4.78 is 1.83. The third-order valence-corrected chi connectivity index (χ3v) is 5.06. The van der Waals surface area contributed by atoms with Gasteiger partial charge in [0.05, 0.1) is 34.7 Å². The zero-order valence-electron chi connectivity index (χ0n) is 13.7. The normalized spacial score (nSPS) is 14.6. The predicted molar refractivity (Wildman–Crippen MR) is 98.7 cm³/mol. The lowest BCUT2D eigenvalue weighted by Crippen LogP contribution is -2.18. The number of aromatic hydroxyl groups is 1. The second-order valence-electron chi connectivity index (χ2n) is 6.23. The van der Waals surface area contributed by atoms with Crippen molar-refractivity contribution in [3.05, 3.63) is 39.9 Å². The number of hydrogen-bond acceptors (Lipinski definition) is 5. The minimum Gasteiger partial charge on any atom is -0.504 e. The van der Waals surface area contributed by atoms with Gasteiger partial charge in [0.1, 0.15) is 5.82 Å². The Bertz CT molecular complexity index is 927. The summed E-state index contributed by atoms with van der Waals surface area (Å²) in [4.78, 5) is 11.1. The molecule has 0 unspecified atom stereocenters. The number of anilines is 1. The number of halogens is 2. The molecule has 3 aromatic rings. The van der Waals surface area contributed by atoms with E-state index in [0.29, 0.717) is 12.2 Å². The fourth-order valence-electron chi connectivity index (χ4n) is 3.22. The molecule has 4 rings (SSSR count). The van der Waals surface area contributed by atoms with E-state index in [1.165, 1.54) is 12.8 Å². The van der Waals surface area contributed by atoms with Gasteiger partial charge in [-0.05, 0) is 31.9 Å². The monoisotopic (exact) mass is 377 g/mol. The van der Waals surface area contributed by atoms with Crippen molar-refractivity contribution in [1.82, 2.24) is 19.7 Å². The van der Waals surface area contributed by atoms with Crippen molar-refractivity contribution in [3.63, 3.8) is 0 Å². The smallest absolute Gasteiger partial charge is 0.172 e. The van der Waals surface area contributed by atoms with Crippen LogP contribution in [0, 0.1) is 6.92 Å². The molecule has 1 N–H and O–H groups in total. The quantitative estimate of drug-likeness (QED) is 0.703. The molecule has 0 atom stereocenters. The zero-order chi connectivity index (χ0) is 17.6. The summed E-state index contributed by atoms with van der Waals surface area (Å²) >= 11 is 11.9. The fraction of sp³-hybridized carbons (Fsp3) is 0.353. The van der Waals surface area contributed by atoms with Gasteiger partial charge in [0, 0.05) is 18.5 Å². The molecular formula is C17H17Cl2N5O. The van der Waals surface area contributed by atoms with Gasteiger partial charge in [0.25, 0.3) is 0 Å². The number of pyridine rings is 2. The highest BCUT2D eigenvalue weighted by atomic mass is 35.5. The van der Waals surface area contributed by atoms with Crippen molar-refractivity contribution < 1.29 is 5.11 Å². The summed E-state index contributed by atoms with van der Waals surface area (Å²) in [5.74, 6) is 0.798. The Balaban J connectivity index is 1.71. The molecule has 1 aliphatic rings. The number of hydrogen-bond donors (Lipinski definition) is 1. The van der Waals surface area contributed by atoms with E-state index in [9.17, 15) is 5.11 Å². The summed E-state index contributed by atoms with van der Waals surface area (Å²) in [6.07, 6.45) is 4.28. The first-order valence-electron chi connectivity index (χ1n) is 8.15. The van der Waals surface area contributed by atoms with E-state index >= 15 is 0 Å². The Kier molecular flexibility index (Phi) is 4.17. The number of nitrogens with zero attached hydrogens (tertiary/aromatic N) is 5. The van der Waals surface area contributed by atoms with Crippen LogP contribution in [0.4, 0.5) is 5.82 Å². The number of aromatic nitrogens is 4. The molecule has 1 saturated heterocycles. The molecule has 1 aliphatic heterocycles. The van der Waals surface area contributed by atoms with Gasteiger partial charge in [-0.25, -0.2) is 9.97 Å². The topological polar surface area (TPSA) is 67.1 Å². The fourth-order valence-corrected chi connectivity index (χ4v) is 3.69. The first-order chi connectivity index (χ1) is 12.0. The van der Waals surface area contributed by atoms with Gasteiger partial charge in [-0.15, -0.1) is 0 Å². The minimum atomic E-state index is -0.203. The Labute approximate surface area is 155 Å². The summed E-state index contributed by atoms with van der Waals surface area (Å²) in [7, 11) is 0. The van der Waals surface area contributed by atoms with Crippen molar-refractivity contribution in [1.29, 1.82) is 0 Å². The van der Waals surface area contributed by atoms with Crippen LogP contribution in [-0.4, -0.2) is 37.9 Å². The van der Waals surface area contributed by atoms with Gasteiger partial charge in [0.2, 0.25) is 0 Å². The lowest BCUT2D eigenvalue weighted by atomic mass is 10.2. The van der Waals surface area contributed by atoms with Crippen molar-refractivity contribution >= 4 is 39.9 Å². The summed E-state index contributed by atoms with van der Waals surface area (Å²) in [6.45, 7) is 4.49. The Morgan fingerprint density at radius 2 is 1.96 bits per heavy atom. The minimum absolute atomic E-state index is 0.00914. The lowest BCUT2D eigenvalue weighted by Gasteiger charge is -2.16. The van der Waals surface area contributed by atoms with E-state index in [1.54, 1.807) is 6.07 Å². The Morgan fingerprint density at radius 3 is 2.68 bits per heavy atom. The van der Waals surface area contributed by atoms with E-state index in [2.05, 4.69) is 26.0 Å². The molecule has 0 saturated carbocycles. The van der Waals surface area contributed by atoms with E-state index in [1.807, 2.05) is 17.8 Å². The number of rotatable bonds is 3. The van der Waals surface area contributed by atoms with Crippen LogP contribution in [0.15, 0.2) is 18.3 Å². The number of fused-ring (bicyclic) bond motifs is 1. The second kappa shape index (κ2) is 6.35.